The topological polar surface area (TPSA) is 79.7 Å². The molecule has 3 rings (SSSR count). The predicted octanol–water partition coefficient (Wildman–Crippen LogP) is 4.48. The molecule has 1 fully saturated rings. The number of amides is 1. The van der Waals surface area contributed by atoms with Gasteiger partial charge in [-0.1, -0.05) is 26.7 Å². The minimum absolute atomic E-state index is 0.116. The Morgan fingerprint density at radius 2 is 1.73 bits per heavy atom. The van der Waals surface area contributed by atoms with Crippen LogP contribution in [0.1, 0.15) is 56.7 Å². The molecule has 0 radical (unpaired) electrons. The molecular weight excluding hydrogens is 380 g/mol. The van der Waals surface area contributed by atoms with Gasteiger partial charge >= 0.3 is 0 Å². The van der Waals surface area contributed by atoms with Gasteiger partial charge in [-0.25, -0.2) is 0 Å². The number of nitrogens with zero attached hydrogens (tertiary/aromatic N) is 2. The molecule has 158 valence electrons. The van der Waals surface area contributed by atoms with E-state index >= 15 is 0 Å². The number of carbonyl (C=O) groups is 2. The molecule has 1 aliphatic rings. The number of aliphatic hydroxyl groups excluding tert-OH is 1. The van der Waals surface area contributed by atoms with E-state index in [1.807, 2.05) is 6.92 Å². The molecule has 30 heavy (non-hydrogen) atoms. The second-order valence-corrected chi connectivity index (χ2v) is 7.35. The van der Waals surface area contributed by atoms with E-state index in [9.17, 15) is 14.7 Å². The van der Waals surface area contributed by atoms with Gasteiger partial charge in [0.1, 0.15) is 11.5 Å². The van der Waals surface area contributed by atoms with Crippen molar-refractivity contribution < 1.29 is 19.4 Å². The van der Waals surface area contributed by atoms with Gasteiger partial charge in [-0.15, -0.1) is 0 Å². The molecular formula is C24H28N2O4. The van der Waals surface area contributed by atoms with Crippen LogP contribution in [0.25, 0.3) is 5.76 Å². The fourth-order valence-electron chi connectivity index (χ4n) is 3.62. The number of ketones is 1. The molecule has 6 heteroatoms. The lowest BCUT2D eigenvalue weighted by Crippen LogP contribution is -2.30. The maximum Gasteiger partial charge on any atom is 0.295 e. The maximum absolute atomic E-state index is 12.9. The zero-order valence-corrected chi connectivity index (χ0v) is 17.5. The largest absolute Gasteiger partial charge is 0.507 e. The highest BCUT2D eigenvalue weighted by molar-refractivity contribution is 6.46. The fourth-order valence-corrected chi connectivity index (χ4v) is 3.62. The molecule has 2 heterocycles. The zero-order valence-electron chi connectivity index (χ0n) is 17.5. The standard InChI is InChI=1S/C24H28N2O4/c1-3-5-6-15-26-21(17-11-13-25-14-12-17)20(23(28)24(26)29)22(27)18-7-9-19(10-8-18)30-16-4-2/h7-14,21,27H,3-6,15-16H2,1-2H3/b22-20-. The van der Waals surface area contributed by atoms with Crippen molar-refractivity contribution in [1.29, 1.82) is 0 Å². The highest BCUT2D eigenvalue weighted by Crippen LogP contribution is 2.39. The van der Waals surface area contributed by atoms with Gasteiger partial charge in [0.2, 0.25) is 0 Å². The average molecular weight is 408 g/mol. The Morgan fingerprint density at radius 1 is 1.03 bits per heavy atom. The summed E-state index contributed by atoms with van der Waals surface area (Å²) in [5.41, 5.74) is 1.35. The third-order valence-corrected chi connectivity index (χ3v) is 5.16. The van der Waals surface area contributed by atoms with Crippen molar-refractivity contribution in [2.75, 3.05) is 13.2 Å². The smallest absolute Gasteiger partial charge is 0.295 e. The number of carbonyl (C=O) groups excluding carboxylic acids is 2. The Kier molecular flexibility index (Phi) is 7.22. The summed E-state index contributed by atoms with van der Waals surface area (Å²) in [7, 11) is 0. The van der Waals surface area contributed by atoms with Crippen LogP contribution >= 0.6 is 0 Å². The molecule has 0 saturated carbocycles. The van der Waals surface area contributed by atoms with Crippen LogP contribution in [0.5, 0.6) is 5.75 Å². The van der Waals surface area contributed by atoms with Crippen LogP contribution in [0.2, 0.25) is 0 Å². The summed E-state index contributed by atoms with van der Waals surface area (Å²) in [4.78, 5) is 31.3. The number of rotatable bonds is 9. The zero-order chi connectivity index (χ0) is 21.5. The van der Waals surface area contributed by atoms with Crippen LogP contribution in [0.3, 0.4) is 0 Å². The van der Waals surface area contributed by atoms with Crippen LogP contribution in [-0.2, 0) is 9.59 Å². The molecule has 1 aliphatic heterocycles. The Balaban J connectivity index is 2.00. The molecule has 1 saturated heterocycles. The van der Waals surface area contributed by atoms with Gasteiger partial charge in [-0.3, -0.25) is 14.6 Å². The number of hydrogen-bond donors (Lipinski definition) is 1. The van der Waals surface area contributed by atoms with E-state index in [-0.39, 0.29) is 11.3 Å². The number of pyridine rings is 1. The molecule has 1 amide bonds. The number of benzene rings is 1. The fraction of sp³-hybridized carbons (Fsp3) is 0.375. The van der Waals surface area contributed by atoms with Crippen molar-refractivity contribution in [1.82, 2.24) is 9.88 Å². The second kappa shape index (κ2) is 10.1. The maximum atomic E-state index is 12.9. The first-order chi connectivity index (χ1) is 14.6. The van der Waals surface area contributed by atoms with E-state index in [1.165, 1.54) is 0 Å². The number of likely N-dealkylation sites (tertiary alicyclic amines) is 1. The Hall–Kier alpha value is -3.15. The van der Waals surface area contributed by atoms with Gasteiger partial charge in [0.05, 0.1) is 18.2 Å². The number of aliphatic hydroxyl groups is 1. The number of hydrogen-bond acceptors (Lipinski definition) is 5. The summed E-state index contributed by atoms with van der Waals surface area (Å²) in [5.74, 6) is -0.705. The quantitative estimate of drug-likeness (QED) is 0.286. The van der Waals surface area contributed by atoms with Gasteiger partial charge in [0, 0.05) is 24.5 Å². The first-order valence-corrected chi connectivity index (χ1v) is 10.5. The Morgan fingerprint density at radius 3 is 2.37 bits per heavy atom. The van der Waals surface area contributed by atoms with Crippen molar-refractivity contribution in [3.63, 3.8) is 0 Å². The summed E-state index contributed by atoms with van der Waals surface area (Å²) in [6.07, 6.45) is 6.92. The minimum atomic E-state index is -0.655. The van der Waals surface area contributed by atoms with Gasteiger partial charge in [-0.2, -0.15) is 0 Å². The van der Waals surface area contributed by atoms with E-state index < -0.39 is 17.7 Å². The van der Waals surface area contributed by atoms with E-state index in [2.05, 4.69) is 11.9 Å². The number of unbranched alkanes of at least 4 members (excludes halogenated alkanes) is 2. The molecule has 0 spiro atoms. The molecule has 2 aromatic rings. The predicted molar refractivity (Wildman–Crippen MR) is 115 cm³/mol. The van der Waals surface area contributed by atoms with Crippen LogP contribution in [0.4, 0.5) is 0 Å². The van der Waals surface area contributed by atoms with Crippen LogP contribution in [0.15, 0.2) is 54.4 Å². The highest BCUT2D eigenvalue weighted by atomic mass is 16.5. The van der Waals surface area contributed by atoms with Crippen molar-refractivity contribution in [3.8, 4) is 5.75 Å². The lowest BCUT2D eigenvalue weighted by molar-refractivity contribution is -0.139. The summed E-state index contributed by atoms with van der Waals surface area (Å²) in [6.45, 7) is 5.18. The average Bonchev–Trinajstić information content (AvgIpc) is 3.03. The van der Waals surface area contributed by atoms with E-state index in [4.69, 9.17) is 4.74 Å². The monoisotopic (exact) mass is 408 g/mol. The molecule has 1 atom stereocenters. The summed E-state index contributed by atoms with van der Waals surface area (Å²) in [6, 6.07) is 9.84. The molecule has 1 unspecified atom stereocenters. The molecule has 0 aliphatic carbocycles. The lowest BCUT2D eigenvalue weighted by Gasteiger charge is -2.25. The number of aromatic nitrogens is 1. The SMILES string of the molecule is CCCCCN1C(=O)C(=O)/C(=C(\O)c2ccc(OCCC)cc2)C1c1ccncc1. The molecule has 1 N–H and O–H groups in total. The lowest BCUT2D eigenvalue weighted by atomic mass is 9.96. The van der Waals surface area contributed by atoms with Crippen LogP contribution in [0, 0.1) is 0 Å². The van der Waals surface area contributed by atoms with E-state index in [1.54, 1.807) is 53.7 Å². The van der Waals surface area contributed by atoms with Crippen molar-refractivity contribution in [3.05, 3.63) is 65.5 Å². The van der Waals surface area contributed by atoms with Gasteiger partial charge in [0.25, 0.3) is 11.7 Å². The first-order valence-electron chi connectivity index (χ1n) is 10.5. The van der Waals surface area contributed by atoms with Crippen LogP contribution in [-0.4, -0.2) is 39.8 Å². The first kappa shape index (κ1) is 21.6. The summed E-state index contributed by atoms with van der Waals surface area (Å²) < 4.78 is 5.58. The second-order valence-electron chi connectivity index (χ2n) is 7.35. The van der Waals surface area contributed by atoms with E-state index in [0.29, 0.717) is 24.5 Å². The van der Waals surface area contributed by atoms with Crippen molar-refractivity contribution in [2.45, 2.75) is 45.6 Å². The molecule has 1 aromatic carbocycles. The Labute approximate surface area is 177 Å². The molecule has 6 nitrogen and oxygen atoms in total. The minimum Gasteiger partial charge on any atom is -0.507 e. The molecule has 0 bridgehead atoms. The summed E-state index contributed by atoms with van der Waals surface area (Å²) >= 11 is 0. The van der Waals surface area contributed by atoms with Crippen molar-refractivity contribution in [2.24, 2.45) is 0 Å². The van der Waals surface area contributed by atoms with Crippen LogP contribution < -0.4 is 4.74 Å². The number of Topliss-reactive ketones (excluding diaryl/α,β-unsaturated/α-hetero) is 1. The molecule has 1 aromatic heterocycles. The van der Waals surface area contributed by atoms with Gasteiger partial charge in [-0.05, 0) is 54.8 Å². The normalized spacial score (nSPS) is 18.1. The van der Waals surface area contributed by atoms with Gasteiger partial charge in [0.15, 0.2) is 0 Å². The Bertz CT molecular complexity index is 907. The summed E-state index contributed by atoms with van der Waals surface area (Å²) in [5, 5.41) is 11.0. The van der Waals surface area contributed by atoms with Crippen molar-refractivity contribution >= 4 is 17.4 Å². The van der Waals surface area contributed by atoms with Gasteiger partial charge < -0.3 is 14.7 Å². The number of ether oxygens (including phenoxy) is 1. The third kappa shape index (κ3) is 4.53. The highest BCUT2D eigenvalue weighted by Gasteiger charge is 2.45. The van der Waals surface area contributed by atoms with E-state index in [0.717, 1.165) is 31.2 Å². The third-order valence-electron chi connectivity index (χ3n) is 5.16.